The number of ether oxygens (including phenoxy) is 1. The standard InChI is InChI=1S/C10H11N3O4/c14-8(7-3-11-6-12-4-7)13-10(9(15)16)1-2-17-5-10/h3-4,6H,1-2,5H2,(H,13,14)(H,15,16). The Morgan fingerprint density at radius 1 is 1.41 bits per heavy atom. The molecule has 0 aliphatic carbocycles. The van der Waals surface area contributed by atoms with E-state index in [0.29, 0.717) is 6.61 Å². The Morgan fingerprint density at radius 3 is 2.65 bits per heavy atom. The Balaban J connectivity index is 2.15. The van der Waals surface area contributed by atoms with Gasteiger partial charge in [0.25, 0.3) is 5.91 Å². The summed E-state index contributed by atoms with van der Waals surface area (Å²) in [6.45, 7) is 0.291. The molecule has 17 heavy (non-hydrogen) atoms. The minimum atomic E-state index is -1.34. The van der Waals surface area contributed by atoms with Crippen LogP contribution in [0.15, 0.2) is 18.7 Å². The summed E-state index contributed by atoms with van der Waals surface area (Å²) in [5, 5.41) is 11.6. The average molecular weight is 237 g/mol. The quantitative estimate of drug-likeness (QED) is 0.731. The highest BCUT2D eigenvalue weighted by molar-refractivity contribution is 5.97. The summed E-state index contributed by atoms with van der Waals surface area (Å²) < 4.78 is 5.03. The van der Waals surface area contributed by atoms with E-state index >= 15 is 0 Å². The van der Waals surface area contributed by atoms with Gasteiger partial charge in [0.15, 0.2) is 5.54 Å². The third kappa shape index (κ3) is 2.23. The number of rotatable bonds is 3. The molecular formula is C10H11N3O4. The van der Waals surface area contributed by atoms with Gasteiger partial charge >= 0.3 is 5.97 Å². The van der Waals surface area contributed by atoms with Crippen LogP contribution in [-0.4, -0.2) is 45.7 Å². The molecule has 1 unspecified atom stereocenters. The molecule has 0 radical (unpaired) electrons. The predicted octanol–water partition coefficient (Wildman–Crippen LogP) is -0.550. The highest BCUT2D eigenvalue weighted by Gasteiger charge is 2.44. The first-order valence-corrected chi connectivity index (χ1v) is 5.03. The van der Waals surface area contributed by atoms with Gasteiger partial charge < -0.3 is 15.2 Å². The van der Waals surface area contributed by atoms with Crippen molar-refractivity contribution in [3.8, 4) is 0 Å². The molecule has 1 aromatic heterocycles. The number of carbonyl (C=O) groups is 2. The number of amides is 1. The van der Waals surface area contributed by atoms with E-state index in [1.54, 1.807) is 0 Å². The van der Waals surface area contributed by atoms with E-state index < -0.39 is 17.4 Å². The minimum absolute atomic E-state index is 0.0260. The van der Waals surface area contributed by atoms with E-state index in [2.05, 4.69) is 15.3 Å². The van der Waals surface area contributed by atoms with E-state index in [1.807, 2.05) is 0 Å². The summed E-state index contributed by atoms with van der Waals surface area (Å²) in [6, 6.07) is 0. The van der Waals surface area contributed by atoms with Crippen LogP contribution >= 0.6 is 0 Å². The van der Waals surface area contributed by atoms with Crippen LogP contribution in [-0.2, 0) is 9.53 Å². The number of hydrogen-bond donors (Lipinski definition) is 2. The van der Waals surface area contributed by atoms with Crippen LogP contribution in [0.5, 0.6) is 0 Å². The first-order valence-electron chi connectivity index (χ1n) is 5.03. The van der Waals surface area contributed by atoms with Crippen LogP contribution in [0.4, 0.5) is 0 Å². The normalized spacial score (nSPS) is 23.3. The summed E-state index contributed by atoms with van der Waals surface area (Å²) in [4.78, 5) is 30.4. The van der Waals surface area contributed by atoms with Gasteiger partial charge in [-0.3, -0.25) is 4.79 Å². The molecule has 90 valence electrons. The van der Waals surface area contributed by atoms with Gasteiger partial charge in [-0.2, -0.15) is 0 Å². The molecule has 1 fully saturated rings. The Bertz CT molecular complexity index is 428. The Kier molecular flexibility index (Phi) is 3.01. The van der Waals surface area contributed by atoms with E-state index in [1.165, 1.54) is 18.7 Å². The lowest BCUT2D eigenvalue weighted by atomic mass is 9.98. The molecule has 1 atom stereocenters. The van der Waals surface area contributed by atoms with Crippen LogP contribution in [0.3, 0.4) is 0 Å². The van der Waals surface area contributed by atoms with Gasteiger partial charge in [0.05, 0.1) is 12.2 Å². The smallest absolute Gasteiger partial charge is 0.331 e. The third-order valence-corrected chi connectivity index (χ3v) is 2.61. The molecular weight excluding hydrogens is 226 g/mol. The number of nitrogens with zero attached hydrogens (tertiary/aromatic N) is 2. The monoisotopic (exact) mass is 237 g/mol. The molecule has 1 aliphatic heterocycles. The summed E-state index contributed by atoms with van der Waals surface area (Å²) in [5.74, 6) is -1.61. The summed E-state index contributed by atoms with van der Waals surface area (Å²) >= 11 is 0. The molecule has 2 N–H and O–H groups in total. The van der Waals surface area contributed by atoms with Crippen molar-refractivity contribution in [1.82, 2.24) is 15.3 Å². The van der Waals surface area contributed by atoms with Crippen LogP contribution in [0, 0.1) is 0 Å². The van der Waals surface area contributed by atoms with Crippen LogP contribution in [0.25, 0.3) is 0 Å². The molecule has 2 rings (SSSR count). The molecule has 1 amide bonds. The molecule has 2 heterocycles. The van der Waals surface area contributed by atoms with Crippen molar-refractivity contribution in [3.63, 3.8) is 0 Å². The second-order valence-electron chi connectivity index (χ2n) is 3.77. The van der Waals surface area contributed by atoms with Crippen molar-refractivity contribution in [3.05, 3.63) is 24.3 Å². The lowest BCUT2D eigenvalue weighted by Gasteiger charge is -2.23. The van der Waals surface area contributed by atoms with Gasteiger partial charge in [-0.15, -0.1) is 0 Å². The first kappa shape index (κ1) is 11.5. The fourth-order valence-electron chi connectivity index (χ4n) is 1.59. The van der Waals surface area contributed by atoms with Crippen molar-refractivity contribution in [2.45, 2.75) is 12.0 Å². The van der Waals surface area contributed by atoms with Gasteiger partial charge in [0, 0.05) is 25.4 Å². The Hall–Kier alpha value is -2.02. The highest BCUT2D eigenvalue weighted by atomic mass is 16.5. The summed E-state index contributed by atoms with van der Waals surface area (Å²) in [7, 11) is 0. The molecule has 7 nitrogen and oxygen atoms in total. The zero-order valence-corrected chi connectivity index (χ0v) is 8.92. The molecule has 1 aromatic rings. The zero-order valence-electron chi connectivity index (χ0n) is 8.92. The second kappa shape index (κ2) is 4.46. The van der Waals surface area contributed by atoms with Gasteiger partial charge in [-0.1, -0.05) is 0 Å². The van der Waals surface area contributed by atoms with Crippen LogP contribution in [0.1, 0.15) is 16.8 Å². The van der Waals surface area contributed by atoms with Crippen molar-refractivity contribution in [2.75, 3.05) is 13.2 Å². The number of carboxylic acids is 1. The fourth-order valence-corrected chi connectivity index (χ4v) is 1.59. The van der Waals surface area contributed by atoms with Crippen LogP contribution in [0.2, 0.25) is 0 Å². The maximum atomic E-state index is 11.8. The van der Waals surface area contributed by atoms with Crippen molar-refractivity contribution in [1.29, 1.82) is 0 Å². The molecule has 0 aromatic carbocycles. The van der Waals surface area contributed by atoms with E-state index in [9.17, 15) is 9.59 Å². The summed E-state index contributed by atoms with van der Waals surface area (Å²) in [5.41, 5.74) is -1.12. The van der Waals surface area contributed by atoms with Gasteiger partial charge in [-0.05, 0) is 0 Å². The molecule has 1 saturated heterocycles. The maximum absolute atomic E-state index is 11.8. The maximum Gasteiger partial charge on any atom is 0.331 e. The van der Waals surface area contributed by atoms with Gasteiger partial charge in [0.1, 0.15) is 6.33 Å². The second-order valence-corrected chi connectivity index (χ2v) is 3.77. The number of aromatic nitrogens is 2. The van der Waals surface area contributed by atoms with E-state index in [-0.39, 0.29) is 18.6 Å². The number of carboxylic acid groups (broad SMARTS) is 1. The summed E-state index contributed by atoms with van der Waals surface area (Å²) in [6.07, 6.45) is 4.20. The van der Waals surface area contributed by atoms with Gasteiger partial charge in [-0.25, -0.2) is 14.8 Å². The topological polar surface area (TPSA) is 101 Å². The third-order valence-electron chi connectivity index (χ3n) is 2.61. The zero-order chi connectivity index (χ0) is 12.3. The Labute approximate surface area is 96.8 Å². The minimum Gasteiger partial charge on any atom is -0.479 e. The number of carbonyl (C=O) groups excluding carboxylic acids is 1. The van der Waals surface area contributed by atoms with E-state index in [0.717, 1.165) is 0 Å². The number of hydrogen-bond acceptors (Lipinski definition) is 5. The largest absolute Gasteiger partial charge is 0.479 e. The molecule has 7 heteroatoms. The SMILES string of the molecule is O=C(NC1(C(=O)O)CCOC1)c1cncnc1. The predicted molar refractivity (Wildman–Crippen MR) is 55.3 cm³/mol. The van der Waals surface area contributed by atoms with Crippen molar-refractivity contribution in [2.24, 2.45) is 0 Å². The molecule has 0 saturated carbocycles. The fraction of sp³-hybridized carbons (Fsp3) is 0.400. The highest BCUT2D eigenvalue weighted by Crippen LogP contribution is 2.19. The molecule has 0 bridgehead atoms. The van der Waals surface area contributed by atoms with E-state index in [4.69, 9.17) is 9.84 Å². The van der Waals surface area contributed by atoms with Gasteiger partial charge in [0.2, 0.25) is 0 Å². The lowest BCUT2D eigenvalue weighted by Crippen LogP contribution is -2.55. The Morgan fingerprint density at radius 2 is 2.12 bits per heavy atom. The lowest BCUT2D eigenvalue weighted by molar-refractivity contribution is -0.144. The van der Waals surface area contributed by atoms with Crippen LogP contribution < -0.4 is 5.32 Å². The van der Waals surface area contributed by atoms with Crippen molar-refractivity contribution >= 4 is 11.9 Å². The number of aliphatic carboxylic acids is 1. The molecule has 0 spiro atoms. The average Bonchev–Trinajstić information content (AvgIpc) is 2.80. The van der Waals surface area contributed by atoms with Crippen molar-refractivity contribution < 1.29 is 19.4 Å². The first-order chi connectivity index (χ1) is 8.14. The number of nitrogens with one attached hydrogen (secondary N) is 1. The molecule has 1 aliphatic rings.